The van der Waals surface area contributed by atoms with Gasteiger partial charge in [-0.05, 0) is 24.6 Å². The van der Waals surface area contributed by atoms with Crippen LogP contribution < -0.4 is 10.6 Å². The number of halogens is 3. The molecule has 104 valence electrons. The molecule has 0 spiro atoms. The van der Waals surface area contributed by atoms with Crippen molar-refractivity contribution < 1.29 is 22.8 Å². The molecule has 0 radical (unpaired) electrons. The standard InChI is InChI=1S/C12H13F3N2O2/c1-2-4-10(18)17-11(19)16-9-6-3-5-8(7-9)12(13,14)15/h3,5-7H,2,4H2,1H3,(H2,16,17,18,19). The van der Waals surface area contributed by atoms with Crippen LogP contribution in [0.15, 0.2) is 24.3 Å². The summed E-state index contributed by atoms with van der Waals surface area (Å²) < 4.78 is 37.3. The van der Waals surface area contributed by atoms with E-state index in [0.29, 0.717) is 6.42 Å². The Kier molecular flexibility index (Phi) is 4.91. The van der Waals surface area contributed by atoms with E-state index in [1.54, 1.807) is 6.92 Å². The number of benzene rings is 1. The Balaban J connectivity index is 2.67. The van der Waals surface area contributed by atoms with Gasteiger partial charge in [0.2, 0.25) is 5.91 Å². The number of carbonyl (C=O) groups is 2. The van der Waals surface area contributed by atoms with Gasteiger partial charge in [0.1, 0.15) is 0 Å². The first-order valence-corrected chi connectivity index (χ1v) is 5.61. The maximum atomic E-state index is 12.4. The lowest BCUT2D eigenvalue weighted by Gasteiger charge is -2.10. The SMILES string of the molecule is CCCC(=O)NC(=O)Nc1cccc(C(F)(F)F)c1. The smallest absolute Gasteiger partial charge is 0.308 e. The summed E-state index contributed by atoms with van der Waals surface area (Å²) in [6.45, 7) is 1.77. The molecule has 0 aromatic heterocycles. The fourth-order valence-electron chi connectivity index (χ4n) is 1.35. The summed E-state index contributed by atoms with van der Waals surface area (Å²) >= 11 is 0. The zero-order valence-corrected chi connectivity index (χ0v) is 10.2. The molecule has 0 aliphatic carbocycles. The number of hydrogen-bond donors (Lipinski definition) is 2. The van der Waals surface area contributed by atoms with Crippen molar-refractivity contribution in [2.75, 3.05) is 5.32 Å². The van der Waals surface area contributed by atoms with Crippen molar-refractivity contribution in [1.29, 1.82) is 0 Å². The van der Waals surface area contributed by atoms with Crippen LogP contribution >= 0.6 is 0 Å². The quantitative estimate of drug-likeness (QED) is 0.889. The Hall–Kier alpha value is -2.05. The highest BCUT2D eigenvalue weighted by atomic mass is 19.4. The van der Waals surface area contributed by atoms with Crippen molar-refractivity contribution in [3.63, 3.8) is 0 Å². The summed E-state index contributed by atoms with van der Waals surface area (Å²) in [4.78, 5) is 22.5. The number of hydrogen-bond acceptors (Lipinski definition) is 2. The molecule has 0 aliphatic rings. The van der Waals surface area contributed by atoms with Gasteiger partial charge in [-0.1, -0.05) is 13.0 Å². The predicted octanol–water partition coefficient (Wildman–Crippen LogP) is 3.15. The highest BCUT2D eigenvalue weighted by molar-refractivity contribution is 6.01. The molecule has 1 aromatic carbocycles. The number of carbonyl (C=O) groups excluding carboxylic acids is 2. The number of rotatable bonds is 3. The average Bonchev–Trinajstić information content (AvgIpc) is 2.28. The van der Waals surface area contributed by atoms with E-state index in [-0.39, 0.29) is 12.1 Å². The molecule has 4 nitrogen and oxygen atoms in total. The normalized spacial score (nSPS) is 10.9. The number of nitrogens with one attached hydrogen (secondary N) is 2. The Labute approximate surface area is 108 Å². The predicted molar refractivity (Wildman–Crippen MR) is 63.5 cm³/mol. The van der Waals surface area contributed by atoms with Crippen LogP contribution in [0.5, 0.6) is 0 Å². The topological polar surface area (TPSA) is 58.2 Å². The zero-order valence-electron chi connectivity index (χ0n) is 10.2. The number of amides is 3. The summed E-state index contributed by atoms with van der Waals surface area (Å²) in [5.74, 6) is -0.480. The molecule has 3 amide bonds. The number of alkyl halides is 3. The van der Waals surface area contributed by atoms with Gasteiger partial charge in [-0.25, -0.2) is 4.79 Å². The van der Waals surface area contributed by atoms with Crippen LogP contribution in [0.1, 0.15) is 25.3 Å². The molecule has 0 aliphatic heterocycles. The molecule has 0 unspecified atom stereocenters. The second-order valence-corrected chi connectivity index (χ2v) is 3.83. The van der Waals surface area contributed by atoms with Gasteiger partial charge < -0.3 is 5.32 Å². The fraction of sp³-hybridized carbons (Fsp3) is 0.333. The lowest BCUT2D eigenvalue weighted by atomic mass is 10.2. The molecular weight excluding hydrogens is 261 g/mol. The highest BCUT2D eigenvalue weighted by Gasteiger charge is 2.30. The van der Waals surface area contributed by atoms with Gasteiger partial charge in [0.25, 0.3) is 0 Å². The molecule has 1 aromatic rings. The first-order chi connectivity index (χ1) is 8.82. The summed E-state index contributed by atoms with van der Waals surface area (Å²) in [6.07, 6.45) is -3.73. The van der Waals surface area contributed by atoms with Crippen molar-refractivity contribution in [3.8, 4) is 0 Å². The summed E-state index contributed by atoms with van der Waals surface area (Å²) in [6, 6.07) is 3.32. The molecule has 2 N–H and O–H groups in total. The summed E-state index contributed by atoms with van der Waals surface area (Å²) in [7, 11) is 0. The van der Waals surface area contributed by atoms with Gasteiger partial charge in [0.05, 0.1) is 5.56 Å². The molecule has 0 heterocycles. The monoisotopic (exact) mass is 274 g/mol. The van der Waals surface area contributed by atoms with E-state index in [0.717, 1.165) is 12.1 Å². The Bertz CT molecular complexity index is 472. The van der Waals surface area contributed by atoms with Crippen LogP contribution in [0.3, 0.4) is 0 Å². The van der Waals surface area contributed by atoms with Gasteiger partial charge in [0.15, 0.2) is 0 Å². The molecular formula is C12H13F3N2O2. The van der Waals surface area contributed by atoms with Crippen molar-refractivity contribution in [3.05, 3.63) is 29.8 Å². The van der Waals surface area contributed by atoms with Crippen molar-refractivity contribution in [2.45, 2.75) is 25.9 Å². The number of imide groups is 1. The summed E-state index contributed by atoms with van der Waals surface area (Å²) in [5.41, 5.74) is -0.901. The van der Waals surface area contributed by atoms with E-state index >= 15 is 0 Å². The van der Waals surface area contributed by atoms with E-state index < -0.39 is 23.7 Å². The van der Waals surface area contributed by atoms with Gasteiger partial charge in [-0.3, -0.25) is 10.1 Å². The third kappa shape index (κ3) is 4.99. The zero-order chi connectivity index (χ0) is 14.5. The first-order valence-electron chi connectivity index (χ1n) is 5.61. The molecule has 7 heteroatoms. The maximum Gasteiger partial charge on any atom is 0.416 e. The molecule has 0 saturated heterocycles. The van der Waals surface area contributed by atoms with Crippen LogP contribution in [-0.4, -0.2) is 11.9 Å². The molecule has 0 fully saturated rings. The number of urea groups is 1. The molecule has 0 atom stereocenters. The number of anilines is 1. The average molecular weight is 274 g/mol. The van der Waals surface area contributed by atoms with E-state index in [9.17, 15) is 22.8 Å². The minimum Gasteiger partial charge on any atom is -0.308 e. The molecule has 0 saturated carbocycles. The van der Waals surface area contributed by atoms with E-state index in [1.165, 1.54) is 12.1 Å². The largest absolute Gasteiger partial charge is 0.416 e. The van der Waals surface area contributed by atoms with Crippen molar-refractivity contribution >= 4 is 17.6 Å². The van der Waals surface area contributed by atoms with Gasteiger partial charge in [0, 0.05) is 12.1 Å². The van der Waals surface area contributed by atoms with Crippen LogP contribution in [0.4, 0.5) is 23.7 Å². The first kappa shape index (κ1) is 15.0. The highest BCUT2D eigenvalue weighted by Crippen LogP contribution is 2.30. The van der Waals surface area contributed by atoms with Crippen LogP contribution in [-0.2, 0) is 11.0 Å². The van der Waals surface area contributed by atoms with Gasteiger partial charge in [-0.15, -0.1) is 0 Å². The van der Waals surface area contributed by atoms with Crippen molar-refractivity contribution in [2.24, 2.45) is 0 Å². The minimum atomic E-state index is -4.48. The molecule has 0 bridgehead atoms. The van der Waals surface area contributed by atoms with E-state index in [1.807, 2.05) is 5.32 Å². The Morgan fingerprint density at radius 1 is 1.26 bits per heavy atom. The second kappa shape index (κ2) is 6.21. The molecule has 1 rings (SSSR count). The summed E-state index contributed by atoms with van der Waals surface area (Å²) in [5, 5.41) is 4.19. The third-order valence-corrected chi connectivity index (χ3v) is 2.18. The maximum absolute atomic E-state index is 12.4. The van der Waals surface area contributed by atoms with E-state index in [2.05, 4.69) is 5.32 Å². The van der Waals surface area contributed by atoms with Gasteiger partial charge >= 0.3 is 12.2 Å². The lowest BCUT2D eigenvalue weighted by Crippen LogP contribution is -2.34. The second-order valence-electron chi connectivity index (χ2n) is 3.83. The van der Waals surface area contributed by atoms with Gasteiger partial charge in [-0.2, -0.15) is 13.2 Å². The van der Waals surface area contributed by atoms with Crippen LogP contribution in [0.25, 0.3) is 0 Å². The lowest BCUT2D eigenvalue weighted by molar-refractivity contribution is -0.137. The van der Waals surface area contributed by atoms with E-state index in [4.69, 9.17) is 0 Å². The minimum absolute atomic E-state index is 0.0309. The van der Waals surface area contributed by atoms with Crippen LogP contribution in [0, 0.1) is 0 Å². The van der Waals surface area contributed by atoms with Crippen LogP contribution in [0.2, 0.25) is 0 Å². The fourth-order valence-corrected chi connectivity index (χ4v) is 1.35. The Morgan fingerprint density at radius 2 is 1.95 bits per heavy atom. The van der Waals surface area contributed by atoms with Crippen molar-refractivity contribution in [1.82, 2.24) is 5.32 Å². The Morgan fingerprint density at radius 3 is 2.53 bits per heavy atom. The molecule has 19 heavy (non-hydrogen) atoms. The third-order valence-electron chi connectivity index (χ3n) is 2.18.